The second-order valence-electron chi connectivity index (χ2n) is 4.84. The molecule has 0 spiro atoms. The van der Waals surface area contributed by atoms with E-state index in [-0.39, 0.29) is 11.8 Å². The Morgan fingerprint density at radius 2 is 2.16 bits per heavy atom. The molecule has 0 aliphatic heterocycles. The molecule has 1 aromatic heterocycles. The van der Waals surface area contributed by atoms with Crippen LogP contribution >= 0.6 is 11.3 Å². The zero-order valence-corrected chi connectivity index (χ0v) is 12.3. The smallest absolute Gasteiger partial charge is 0.326 e. The minimum atomic E-state index is -0.988. The van der Waals surface area contributed by atoms with Crippen molar-refractivity contribution in [1.29, 1.82) is 0 Å². The lowest BCUT2D eigenvalue weighted by Gasteiger charge is -2.17. The standard InChI is InChI=1S/C13H20N2O3S/c1-8(2)12(13(17)18)15-11(16)6-4-5-10-7-19-9(3)14-10/h7-8,12H,4-6H2,1-3H3,(H,15,16)(H,17,18)/t12-/m1/s1. The highest BCUT2D eigenvalue weighted by Gasteiger charge is 2.22. The maximum Gasteiger partial charge on any atom is 0.326 e. The predicted octanol–water partition coefficient (Wildman–Crippen LogP) is 2.00. The van der Waals surface area contributed by atoms with E-state index in [0.717, 1.165) is 17.1 Å². The molecule has 0 bridgehead atoms. The van der Waals surface area contributed by atoms with E-state index in [0.29, 0.717) is 12.8 Å². The summed E-state index contributed by atoms with van der Waals surface area (Å²) in [5.41, 5.74) is 0.994. The number of carbonyl (C=O) groups excluding carboxylic acids is 1. The first-order valence-corrected chi connectivity index (χ1v) is 7.21. The van der Waals surface area contributed by atoms with Crippen molar-refractivity contribution in [3.63, 3.8) is 0 Å². The number of nitrogens with one attached hydrogen (secondary N) is 1. The van der Waals surface area contributed by atoms with Gasteiger partial charge in [-0.1, -0.05) is 13.8 Å². The first-order valence-electron chi connectivity index (χ1n) is 6.33. The van der Waals surface area contributed by atoms with Crippen LogP contribution in [0.15, 0.2) is 5.38 Å². The number of aromatic nitrogens is 1. The Labute approximate surface area is 117 Å². The van der Waals surface area contributed by atoms with Crippen molar-refractivity contribution in [2.24, 2.45) is 5.92 Å². The minimum absolute atomic E-state index is 0.123. The zero-order chi connectivity index (χ0) is 14.4. The van der Waals surface area contributed by atoms with Crippen LogP contribution < -0.4 is 5.32 Å². The number of rotatable bonds is 7. The second kappa shape index (κ2) is 7.23. The molecule has 0 aliphatic carbocycles. The maximum atomic E-state index is 11.7. The number of amides is 1. The molecule has 1 rings (SSSR count). The fourth-order valence-corrected chi connectivity index (χ4v) is 2.36. The number of hydrogen-bond acceptors (Lipinski definition) is 4. The summed E-state index contributed by atoms with van der Waals surface area (Å²) < 4.78 is 0. The Morgan fingerprint density at radius 3 is 2.63 bits per heavy atom. The molecule has 0 saturated heterocycles. The highest BCUT2D eigenvalue weighted by molar-refractivity contribution is 7.09. The highest BCUT2D eigenvalue weighted by Crippen LogP contribution is 2.11. The minimum Gasteiger partial charge on any atom is -0.480 e. The molecule has 5 nitrogen and oxygen atoms in total. The fraction of sp³-hybridized carbons (Fsp3) is 0.615. The first-order chi connectivity index (χ1) is 8.90. The van der Waals surface area contributed by atoms with Crippen molar-refractivity contribution in [1.82, 2.24) is 10.3 Å². The van der Waals surface area contributed by atoms with E-state index in [1.165, 1.54) is 0 Å². The van der Waals surface area contributed by atoms with E-state index in [1.807, 2.05) is 12.3 Å². The summed E-state index contributed by atoms with van der Waals surface area (Å²) in [6.07, 6.45) is 1.75. The van der Waals surface area contributed by atoms with Gasteiger partial charge in [0.1, 0.15) is 6.04 Å². The monoisotopic (exact) mass is 284 g/mol. The molecule has 0 radical (unpaired) electrons. The van der Waals surface area contributed by atoms with Crippen LogP contribution in [0.2, 0.25) is 0 Å². The van der Waals surface area contributed by atoms with Gasteiger partial charge in [-0.25, -0.2) is 9.78 Å². The molecule has 1 aromatic rings. The quantitative estimate of drug-likeness (QED) is 0.802. The van der Waals surface area contributed by atoms with E-state index in [9.17, 15) is 9.59 Å². The number of carboxylic acid groups (broad SMARTS) is 1. The third-order valence-corrected chi connectivity index (χ3v) is 3.57. The van der Waals surface area contributed by atoms with Crippen LogP contribution in [0.25, 0.3) is 0 Å². The van der Waals surface area contributed by atoms with Gasteiger partial charge in [0, 0.05) is 11.8 Å². The zero-order valence-electron chi connectivity index (χ0n) is 11.5. The number of thiazole rings is 1. The summed E-state index contributed by atoms with van der Waals surface area (Å²) in [5, 5.41) is 14.5. The highest BCUT2D eigenvalue weighted by atomic mass is 32.1. The Bertz CT molecular complexity index is 443. The molecule has 2 N–H and O–H groups in total. The number of aryl methyl sites for hydroxylation is 2. The van der Waals surface area contributed by atoms with Crippen LogP contribution in [0.4, 0.5) is 0 Å². The van der Waals surface area contributed by atoms with Gasteiger partial charge in [-0.05, 0) is 25.7 Å². The normalized spacial score (nSPS) is 12.4. The molecule has 0 aromatic carbocycles. The van der Waals surface area contributed by atoms with Crippen molar-refractivity contribution in [2.45, 2.75) is 46.1 Å². The van der Waals surface area contributed by atoms with Gasteiger partial charge in [0.2, 0.25) is 5.91 Å². The topological polar surface area (TPSA) is 79.3 Å². The summed E-state index contributed by atoms with van der Waals surface area (Å²) in [4.78, 5) is 26.9. The van der Waals surface area contributed by atoms with Gasteiger partial charge in [0.25, 0.3) is 0 Å². The van der Waals surface area contributed by atoms with Crippen molar-refractivity contribution in [3.8, 4) is 0 Å². The largest absolute Gasteiger partial charge is 0.480 e. The molecular formula is C13H20N2O3S. The number of hydrogen-bond donors (Lipinski definition) is 2. The van der Waals surface area contributed by atoms with Crippen LogP contribution in [0, 0.1) is 12.8 Å². The number of carbonyl (C=O) groups is 2. The lowest BCUT2D eigenvalue weighted by Crippen LogP contribution is -2.44. The van der Waals surface area contributed by atoms with Crippen LogP contribution in [-0.4, -0.2) is 28.0 Å². The van der Waals surface area contributed by atoms with Crippen LogP contribution in [0.5, 0.6) is 0 Å². The molecule has 19 heavy (non-hydrogen) atoms. The lowest BCUT2D eigenvalue weighted by atomic mass is 10.0. The fourth-order valence-electron chi connectivity index (χ4n) is 1.71. The molecule has 1 atom stereocenters. The Hall–Kier alpha value is -1.43. The molecule has 1 heterocycles. The third-order valence-electron chi connectivity index (χ3n) is 2.75. The third kappa shape index (κ3) is 5.38. The van der Waals surface area contributed by atoms with E-state index in [1.54, 1.807) is 25.2 Å². The first kappa shape index (κ1) is 15.6. The molecule has 1 amide bonds. The van der Waals surface area contributed by atoms with Gasteiger partial charge in [-0.3, -0.25) is 4.79 Å². The van der Waals surface area contributed by atoms with Gasteiger partial charge in [0.15, 0.2) is 0 Å². The van der Waals surface area contributed by atoms with Gasteiger partial charge in [0.05, 0.1) is 10.7 Å². The van der Waals surface area contributed by atoms with E-state index in [2.05, 4.69) is 10.3 Å². The van der Waals surface area contributed by atoms with Crippen molar-refractivity contribution in [3.05, 3.63) is 16.1 Å². The number of nitrogens with zero attached hydrogens (tertiary/aromatic N) is 1. The second-order valence-corrected chi connectivity index (χ2v) is 5.90. The molecule has 0 unspecified atom stereocenters. The van der Waals surface area contributed by atoms with Crippen LogP contribution in [-0.2, 0) is 16.0 Å². The molecule has 0 saturated carbocycles. The van der Waals surface area contributed by atoms with Gasteiger partial charge >= 0.3 is 5.97 Å². The van der Waals surface area contributed by atoms with Gasteiger partial charge in [-0.2, -0.15) is 0 Å². The van der Waals surface area contributed by atoms with Gasteiger partial charge < -0.3 is 10.4 Å². The molecule has 6 heteroatoms. The average Bonchev–Trinajstić information content (AvgIpc) is 2.71. The van der Waals surface area contributed by atoms with E-state index in [4.69, 9.17) is 5.11 Å². The van der Waals surface area contributed by atoms with E-state index < -0.39 is 12.0 Å². The van der Waals surface area contributed by atoms with E-state index >= 15 is 0 Å². The van der Waals surface area contributed by atoms with Crippen molar-refractivity contribution in [2.75, 3.05) is 0 Å². The summed E-state index contributed by atoms with van der Waals surface area (Å²) in [5.74, 6) is -1.32. The summed E-state index contributed by atoms with van der Waals surface area (Å²) in [6.45, 7) is 5.50. The van der Waals surface area contributed by atoms with Crippen molar-refractivity contribution < 1.29 is 14.7 Å². The Balaban J connectivity index is 2.33. The Kier molecular flexibility index (Phi) is 5.95. The SMILES string of the molecule is Cc1nc(CCCC(=O)N[C@@H](C(=O)O)C(C)C)cs1. The molecular weight excluding hydrogens is 264 g/mol. The number of carboxylic acids is 1. The maximum absolute atomic E-state index is 11.7. The van der Waals surface area contributed by atoms with Crippen LogP contribution in [0.1, 0.15) is 37.4 Å². The summed E-state index contributed by atoms with van der Waals surface area (Å²) in [6, 6.07) is -0.811. The van der Waals surface area contributed by atoms with Gasteiger partial charge in [-0.15, -0.1) is 11.3 Å². The average molecular weight is 284 g/mol. The lowest BCUT2D eigenvalue weighted by molar-refractivity contribution is -0.143. The molecule has 0 fully saturated rings. The van der Waals surface area contributed by atoms with Crippen LogP contribution in [0.3, 0.4) is 0 Å². The molecule has 0 aliphatic rings. The summed E-state index contributed by atoms with van der Waals surface area (Å²) in [7, 11) is 0. The molecule has 106 valence electrons. The Morgan fingerprint density at radius 1 is 1.47 bits per heavy atom. The number of aliphatic carboxylic acids is 1. The van der Waals surface area contributed by atoms with Crippen molar-refractivity contribution >= 4 is 23.2 Å². The summed E-state index contributed by atoms with van der Waals surface area (Å²) >= 11 is 1.59. The predicted molar refractivity (Wildman–Crippen MR) is 74.2 cm³/mol.